The van der Waals surface area contributed by atoms with Gasteiger partial charge in [0.25, 0.3) is 11.4 Å². The van der Waals surface area contributed by atoms with Crippen molar-refractivity contribution in [2.24, 2.45) is 0 Å². The minimum absolute atomic E-state index is 0.112. The van der Waals surface area contributed by atoms with Gasteiger partial charge in [0.05, 0.1) is 15.9 Å². The van der Waals surface area contributed by atoms with E-state index >= 15 is 0 Å². The van der Waals surface area contributed by atoms with E-state index in [1.807, 2.05) is 0 Å². The van der Waals surface area contributed by atoms with Gasteiger partial charge in [-0.05, 0) is 25.7 Å². The Kier molecular flexibility index (Phi) is 4.03. The number of nitro groups is 2. The molecule has 0 aliphatic rings. The zero-order valence-electron chi connectivity index (χ0n) is 9.95. The van der Waals surface area contributed by atoms with Gasteiger partial charge in [-0.3, -0.25) is 20.2 Å². The van der Waals surface area contributed by atoms with Crippen LogP contribution in [0.15, 0.2) is 12.1 Å². The van der Waals surface area contributed by atoms with E-state index in [1.165, 1.54) is 0 Å². The Labute approximate surface area is 103 Å². The summed E-state index contributed by atoms with van der Waals surface area (Å²) in [4.78, 5) is 21.4. The fraction of sp³-hybridized carbons (Fsp3) is 0.400. The van der Waals surface area contributed by atoms with Crippen molar-refractivity contribution >= 4 is 17.1 Å². The largest absolute Gasteiger partial charge is 0.868 e. The predicted molar refractivity (Wildman–Crippen MR) is 62.8 cm³/mol. The van der Waals surface area contributed by atoms with Gasteiger partial charge in [0.15, 0.2) is 0 Å². The topological polar surface area (TPSA) is 113 Å². The molecule has 0 fully saturated rings. The molecule has 0 atom stereocenters. The summed E-state index contributed by atoms with van der Waals surface area (Å²) in [6, 6.07) is 1.67. The SMILES string of the molecule is CCN(CC)c1cc([O-])c([N+](=O)[O-])cc1[N+](=O)[O-]. The van der Waals surface area contributed by atoms with Gasteiger partial charge in [0, 0.05) is 13.1 Å². The standard InChI is InChI=1S/C10H13N3O5/c1-3-11(4-2)7-6-10(14)9(13(17)18)5-8(7)12(15)16/h5-6,14H,3-4H2,1-2H3/p-1. The molecule has 0 radical (unpaired) electrons. The molecule has 0 spiro atoms. The Morgan fingerprint density at radius 2 is 1.56 bits per heavy atom. The van der Waals surface area contributed by atoms with Gasteiger partial charge in [-0.15, -0.1) is 0 Å². The summed E-state index contributed by atoms with van der Waals surface area (Å²) in [5.41, 5.74) is -1.09. The third-order valence-electron chi connectivity index (χ3n) is 2.55. The van der Waals surface area contributed by atoms with Crippen LogP contribution < -0.4 is 10.0 Å². The molecule has 0 aromatic heterocycles. The molecule has 1 aromatic rings. The Morgan fingerprint density at radius 1 is 1.06 bits per heavy atom. The molecule has 0 amide bonds. The second-order valence-electron chi connectivity index (χ2n) is 3.50. The van der Waals surface area contributed by atoms with Crippen molar-refractivity contribution in [2.45, 2.75) is 13.8 Å². The van der Waals surface area contributed by atoms with E-state index in [2.05, 4.69) is 0 Å². The minimum Gasteiger partial charge on any atom is -0.868 e. The summed E-state index contributed by atoms with van der Waals surface area (Å²) >= 11 is 0. The highest BCUT2D eigenvalue weighted by Crippen LogP contribution is 2.37. The van der Waals surface area contributed by atoms with Crippen molar-refractivity contribution in [3.05, 3.63) is 32.4 Å². The van der Waals surface area contributed by atoms with E-state index in [0.717, 1.165) is 12.1 Å². The zero-order valence-corrected chi connectivity index (χ0v) is 9.95. The van der Waals surface area contributed by atoms with Crippen LogP contribution in [-0.2, 0) is 0 Å². The van der Waals surface area contributed by atoms with Crippen LogP contribution in [0.25, 0.3) is 0 Å². The molecule has 0 bridgehead atoms. The molecule has 1 aromatic carbocycles. The van der Waals surface area contributed by atoms with Crippen molar-refractivity contribution in [2.75, 3.05) is 18.0 Å². The molecule has 18 heavy (non-hydrogen) atoms. The summed E-state index contributed by atoms with van der Waals surface area (Å²) in [5.74, 6) is -0.826. The third-order valence-corrected chi connectivity index (χ3v) is 2.55. The number of hydrogen-bond donors (Lipinski definition) is 0. The van der Waals surface area contributed by atoms with Crippen LogP contribution in [0.2, 0.25) is 0 Å². The Bertz CT molecular complexity index is 485. The van der Waals surface area contributed by atoms with Crippen molar-refractivity contribution in [3.63, 3.8) is 0 Å². The maximum absolute atomic E-state index is 11.5. The average Bonchev–Trinajstić information content (AvgIpc) is 2.29. The van der Waals surface area contributed by atoms with Crippen LogP contribution in [0.1, 0.15) is 13.8 Å². The van der Waals surface area contributed by atoms with Crippen LogP contribution in [-0.4, -0.2) is 22.9 Å². The van der Waals surface area contributed by atoms with E-state index < -0.39 is 27.0 Å². The Balaban J connectivity index is 3.47. The zero-order chi connectivity index (χ0) is 13.9. The predicted octanol–water partition coefficient (Wildman–Crippen LogP) is 1.42. The third kappa shape index (κ3) is 2.47. The fourth-order valence-electron chi connectivity index (χ4n) is 1.65. The first-order valence-corrected chi connectivity index (χ1v) is 5.31. The second kappa shape index (κ2) is 5.30. The summed E-state index contributed by atoms with van der Waals surface area (Å²) in [5, 5.41) is 33.0. The van der Waals surface area contributed by atoms with Crippen LogP contribution in [0.3, 0.4) is 0 Å². The maximum atomic E-state index is 11.5. The smallest absolute Gasteiger partial charge is 0.299 e. The van der Waals surface area contributed by atoms with Gasteiger partial charge in [0.1, 0.15) is 5.69 Å². The van der Waals surface area contributed by atoms with E-state index in [9.17, 15) is 25.3 Å². The van der Waals surface area contributed by atoms with Gasteiger partial charge >= 0.3 is 0 Å². The first-order chi connectivity index (χ1) is 8.42. The number of nitrogens with zero attached hydrogens (tertiary/aromatic N) is 3. The van der Waals surface area contributed by atoms with Crippen molar-refractivity contribution in [1.82, 2.24) is 0 Å². The van der Waals surface area contributed by atoms with E-state index in [0.29, 0.717) is 13.1 Å². The molecule has 0 heterocycles. The Hall–Kier alpha value is -2.38. The summed E-state index contributed by atoms with van der Waals surface area (Å²) in [6.45, 7) is 4.49. The minimum atomic E-state index is -0.915. The monoisotopic (exact) mass is 254 g/mol. The first-order valence-electron chi connectivity index (χ1n) is 5.31. The summed E-state index contributed by atoms with van der Waals surface area (Å²) in [7, 11) is 0. The number of anilines is 1. The summed E-state index contributed by atoms with van der Waals surface area (Å²) < 4.78 is 0. The lowest BCUT2D eigenvalue weighted by molar-refractivity contribution is -0.403. The molecule has 0 saturated heterocycles. The van der Waals surface area contributed by atoms with Gasteiger partial charge < -0.3 is 10.0 Å². The normalized spacial score (nSPS) is 10.1. The molecular formula is C10H12N3O5-. The highest BCUT2D eigenvalue weighted by Gasteiger charge is 2.23. The van der Waals surface area contributed by atoms with Gasteiger partial charge in [0.2, 0.25) is 0 Å². The number of nitro benzene ring substituents is 2. The van der Waals surface area contributed by atoms with Gasteiger partial charge in [-0.2, -0.15) is 0 Å². The van der Waals surface area contributed by atoms with Gasteiger partial charge in [-0.1, -0.05) is 0 Å². The molecule has 0 aliphatic heterocycles. The number of benzene rings is 1. The highest BCUT2D eigenvalue weighted by molar-refractivity contribution is 5.71. The highest BCUT2D eigenvalue weighted by atomic mass is 16.6. The van der Waals surface area contributed by atoms with E-state index in [-0.39, 0.29) is 5.69 Å². The molecule has 0 unspecified atom stereocenters. The molecule has 0 N–H and O–H groups in total. The molecular weight excluding hydrogens is 242 g/mol. The van der Waals surface area contributed by atoms with Gasteiger partial charge in [-0.25, -0.2) is 0 Å². The molecule has 98 valence electrons. The van der Waals surface area contributed by atoms with E-state index in [1.54, 1.807) is 18.7 Å². The Morgan fingerprint density at radius 3 is 1.94 bits per heavy atom. The molecule has 1 rings (SSSR count). The van der Waals surface area contributed by atoms with E-state index in [4.69, 9.17) is 0 Å². The lowest BCUT2D eigenvalue weighted by atomic mass is 10.2. The molecule has 0 aliphatic carbocycles. The number of hydrogen-bond acceptors (Lipinski definition) is 6. The maximum Gasteiger partial charge on any atom is 0.299 e. The van der Waals surface area contributed by atoms with Crippen molar-refractivity contribution in [3.8, 4) is 5.75 Å². The summed E-state index contributed by atoms with van der Waals surface area (Å²) in [6.07, 6.45) is 0. The molecule has 0 saturated carbocycles. The lowest BCUT2D eigenvalue weighted by Gasteiger charge is -2.22. The average molecular weight is 254 g/mol. The van der Waals surface area contributed by atoms with Crippen LogP contribution in [0.4, 0.5) is 17.1 Å². The molecule has 8 heteroatoms. The van der Waals surface area contributed by atoms with Crippen LogP contribution in [0, 0.1) is 20.2 Å². The van der Waals surface area contributed by atoms with Crippen LogP contribution >= 0.6 is 0 Å². The first kappa shape index (κ1) is 13.7. The van der Waals surface area contributed by atoms with Crippen LogP contribution in [0.5, 0.6) is 5.75 Å². The second-order valence-corrected chi connectivity index (χ2v) is 3.50. The number of rotatable bonds is 5. The van der Waals surface area contributed by atoms with Crippen molar-refractivity contribution < 1.29 is 15.0 Å². The quantitative estimate of drug-likeness (QED) is 0.580. The lowest BCUT2D eigenvalue weighted by Crippen LogP contribution is -2.23. The van der Waals surface area contributed by atoms with Crippen molar-refractivity contribution in [1.29, 1.82) is 0 Å². The fourth-order valence-corrected chi connectivity index (χ4v) is 1.65. The molecule has 8 nitrogen and oxygen atoms in total.